The topological polar surface area (TPSA) is 60.9 Å². The lowest BCUT2D eigenvalue weighted by molar-refractivity contribution is 0.574. The smallest absolute Gasteiger partial charge is 0.207 e. The van der Waals surface area contributed by atoms with Gasteiger partial charge in [-0.05, 0) is 12.1 Å². The molecule has 0 aliphatic rings. The van der Waals surface area contributed by atoms with Gasteiger partial charge in [-0.3, -0.25) is 9.48 Å². The molecule has 3 rings (SSSR count). The summed E-state index contributed by atoms with van der Waals surface area (Å²) in [7, 11) is 0. The number of rotatable bonds is 3. The van der Waals surface area contributed by atoms with E-state index in [9.17, 15) is 9.18 Å². The van der Waals surface area contributed by atoms with Gasteiger partial charge >= 0.3 is 0 Å². The van der Waals surface area contributed by atoms with Crippen molar-refractivity contribution in [2.24, 2.45) is 5.73 Å². The predicted octanol–water partition coefficient (Wildman–Crippen LogP) is 2.04. The minimum Gasteiger partial charge on any atom is -0.326 e. The molecule has 1 heterocycles. The van der Waals surface area contributed by atoms with E-state index in [4.69, 9.17) is 5.73 Å². The molecule has 1 aromatic heterocycles. The van der Waals surface area contributed by atoms with Crippen molar-refractivity contribution in [2.45, 2.75) is 13.1 Å². The second kappa shape index (κ2) is 5.46. The Bertz CT molecular complexity index is 858. The minimum absolute atomic E-state index is 0.141. The van der Waals surface area contributed by atoms with Crippen LogP contribution in [0, 0.1) is 5.82 Å². The fourth-order valence-corrected chi connectivity index (χ4v) is 2.36. The van der Waals surface area contributed by atoms with Gasteiger partial charge in [-0.25, -0.2) is 4.39 Å². The fraction of sp³-hybridized carbons (Fsp3) is 0.125. The van der Waals surface area contributed by atoms with Crippen molar-refractivity contribution in [3.63, 3.8) is 0 Å². The third kappa shape index (κ3) is 2.43. The van der Waals surface area contributed by atoms with Gasteiger partial charge in [-0.1, -0.05) is 30.3 Å². The van der Waals surface area contributed by atoms with E-state index in [1.807, 2.05) is 6.07 Å². The quantitative estimate of drug-likeness (QED) is 0.800. The van der Waals surface area contributed by atoms with E-state index in [2.05, 4.69) is 5.10 Å². The number of nitrogens with zero attached hydrogens (tertiary/aromatic N) is 2. The van der Waals surface area contributed by atoms with Crippen LogP contribution in [0.2, 0.25) is 0 Å². The van der Waals surface area contributed by atoms with E-state index < -0.39 is 0 Å². The molecule has 3 aromatic rings. The van der Waals surface area contributed by atoms with Crippen molar-refractivity contribution in [1.29, 1.82) is 0 Å². The Hall–Kier alpha value is -2.53. The van der Waals surface area contributed by atoms with E-state index in [-0.39, 0.29) is 24.3 Å². The van der Waals surface area contributed by atoms with Crippen LogP contribution in [0.4, 0.5) is 4.39 Å². The Morgan fingerprint density at radius 3 is 2.67 bits per heavy atom. The summed E-state index contributed by atoms with van der Waals surface area (Å²) in [5.41, 5.74) is 7.03. The molecule has 5 heteroatoms. The van der Waals surface area contributed by atoms with Crippen molar-refractivity contribution < 1.29 is 4.39 Å². The average molecular weight is 283 g/mol. The lowest BCUT2D eigenvalue weighted by Crippen LogP contribution is -2.14. The molecule has 2 N–H and O–H groups in total. The van der Waals surface area contributed by atoms with Gasteiger partial charge in [0.25, 0.3) is 0 Å². The fourth-order valence-electron chi connectivity index (χ4n) is 2.36. The van der Waals surface area contributed by atoms with Crippen LogP contribution >= 0.6 is 0 Å². The predicted molar refractivity (Wildman–Crippen MR) is 79.4 cm³/mol. The molecule has 0 amide bonds. The molecule has 21 heavy (non-hydrogen) atoms. The summed E-state index contributed by atoms with van der Waals surface area (Å²) in [5, 5.41) is 4.68. The van der Waals surface area contributed by atoms with E-state index in [1.165, 1.54) is 6.20 Å². The average Bonchev–Trinajstić information content (AvgIpc) is 2.52. The number of para-hydroxylation sites is 1. The molecule has 0 radical (unpaired) electrons. The Balaban J connectivity index is 2.11. The summed E-state index contributed by atoms with van der Waals surface area (Å²) in [6.45, 7) is 0.401. The molecular weight excluding hydrogens is 269 g/mol. The Morgan fingerprint density at radius 2 is 1.86 bits per heavy atom. The lowest BCUT2D eigenvalue weighted by Gasteiger charge is -2.11. The first-order valence-corrected chi connectivity index (χ1v) is 6.62. The number of aromatic nitrogens is 2. The SMILES string of the molecule is NCc1cccc(Cn2ncc(=O)c3ccccc32)c1F. The van der Waals surface area contributed by atoms with Crippen LogP contribution in [0.5, 0.6) is 0 Å². The van der Waals surface area contributed by atoms with Gasteiger partial charge in [-0.15, -0.1) is 0 Å². The van der Waals surface area contributed by atoms with Crippen LogP contribution in [0.15, 0.2) is 53.5 Å². The van der Waals surface area contributed by atoms with E-state index in [0.29, 0.717) is 22.0 Å². The Kier molecular flexibility index (Phi) is 3.50. The molecular formula is C16H14FN3O. The number of hydrogen-bond donors (Lipinski definition) is 1. The van der Waals surface area contributed by atoms with Crippen LogP contribution in [0.3, 0.4) is 0 Å². The summed E-state index contributed by atoms with van der Waals surface area (Å²) >= 11 is 0. The van der Waals surface area contributed by atoms with Crippen LogP contribution < -0.4 is 11.2 Å². The van der Waals surface area contributed by atoms with Gasteiger partial charge in [0.15, 0.2) is 0 Å². The maximum absolute atomic E-state index is 14.3. The number of fused-ring (bicyclic) bond motifs is 1. The second-order valence-electron chi connectivity index (χ2n) is 4.78. The summed E-state index contributed by atoms with van der Waals surface area (Å²) in [6.07, 6.45) is 1.26. The van der Waals surface area contributed by atoms with Gasteiger partial charge in [0, 0.05) is 23.1 Å². The molecule has 0 aliphatic carbocycles. The second-order valence-corrected chi connectivity index (χ2v) is 4.78. The van der Waals surface area contributed by atoms with Gasteiger partial charge in [0.1, 0.15) is 5.82 Å². The zero-order valence-electron chi connectivity index (χ0n) is 11.3. The number of benzene rings is 2. The highest BCUT2D eigenvalue weighted by Crippen LogP contribution is 2.16. The molecule has 0 saturated carbocycles. The number of hydrogen-bond acceptors (Lipinski definition) is 3. The first-order chi connectivity index (χ1) is 10.2. The number of nitrogens with two attached hydrogens (primary N) is 1. The molecule has 0 spiro atoms. The Labute approximate surface area is 120 Å². The molecule has 4 nitrogen and oxygen atoms in total. The summed E-state index contributed by atoms with van der Waals surface area (Å²) in [4.78, 5) is 11.8. The highest BCUT2D eigenvalue weighted by atomic mass is 19.1. The Morgan fingerprint density at radius 1 is 1.10 bits per heavy atom. The van der Waals surface area contributed by atoms with Crippen molar-refractivity contribution in [2.75, 3.05) is 0 Å². The highest BCUT2D eigenvalue weighted by molar-refractivity contribution is 5.77. The molecule has 0 aliphatic heterocycles. The van der Waals surface area contributed by atoms with Crippen LogP contribution in [0.25, 0.3) is 10.9 Å². The van der Waals surface area contributed by atoms with E-state index >= 15 is 0 Å². The maximum Gasteiger partial charge on any atom is 0.207 e. The first kappa shape index (κ1) is 13.5. The van der Waals surface area contributed by atoms with Crippen LogP contribution in [-0.4, -0.2) is 9.78 Å². The molecule has 0 unspecified atom stereocenters. The third-order valence-corrected chi connectivity index (χ3v) is 3.46. The van der Waals surface area contributed by atoms with Crippen molar-refractivity contribution in [1.82, 2.24) is 9.78 Å². The standard InChI is InChI=1S/C16H14FN3O/c17-16-11(8-18)4-3-5-12(16)10-20-14-7-2-1-6-13(14)15(21)9-19-20/h1-7,9H,8,10,18H2. The van der Waals surface area contributed by atoms with E-state index in [1.54, 1.807) is 41.1 Å². The van der Waals surface area contributed by atoms with Crippen LogP contribution in [-0.2, 0) is 13.1 Å². The minimum atomic E-state index is -0.315. The maximum atomic E-state index is 14.3. The lowest BCUT2D eigenvalue weighted by atomic mass is 10.1. The van der Waals surface area contributed by atoms with Gasteiger partial charge in [0.05, 0.1) is 18.3 Å². The largest absolute Gasteiger partial charge is 0.326 e. The van der Waals surface area contributed by atoms with Gasteiger partial charge < -0.3 is 5.73 Å². The third-order valence-electron chi connectivity index (χ3n) is 3.46. The van der Waals surface area contributed by atoms with Gasteiger partial charge in [0.2, 0.25) is 5.43 Å². The molecule has 0 saturated heterocycles. The molecule has 0 fully saturated rings. The summed E-state index contributed by atoms with van der Waals surface area (Å²) in [5.74, 6) is -0.315. The number of halogens is 1. The first-order valence-electron chi connectivity index (χ1n) is 6.62. The zero-order valence-corrected chi connectivity index (χ0v) is 11.3. The highest BCUT2D eigenvalue weighted by Gasteiger charge is 2.09. The van der Waals surface area contributed by atoms with Gasteiger partial charge in [-0.2, -0.15) is 5.10 Å². The summed E-state index contributed by atoms with van der Waals surface area (Å²) in [6, 6.07) is 12.3. The summed E-state index contributed by atoms with van der Waals surface area (Å²) < 4.78 is 15.9. The van der Waals surface area contributed by atoms with E-state index in [0.717, 1.165) is 0 Å². The van der Waals surface area contributed by atoms with Crippen molar-refractivity contribution in [3.8, 4) is 0 Å². The van der Waals surface area contributed by atoms with Crippen molar-refractivity contribution in [3.05, 3.63) is 75.8 Å². The molecule has 0 atom stereocenters. The zero-order chi connectivity index (χ0) is 14.8. The van der Waals surface area contributed by atoms with Crippen LogP contribution in [0.1, 0.15) is 11.1 Å². The monoisotopic (exact) mass is 283 g/mol. The molecule has 2 aromatic carbocycles. The van der Waals surface area contributed by atoms with Crippen molar-refractivity contribution >= 4 is 10.9 Å². The molecule has 106 valence electrons. The normalized spacial score (nSPS) is 11.0. The molecule has 0 bridgehead atoms.